The van der Waals surface area contributed by atoms with E-state index in [0.717, 1.165) is 6.42 Å². The van der Waals surface area contributed by atoms with Crippen molar-refractivity contribution in [1.29, 1.82) is 0 Å². The van der Waals surface area contributed by atoms with E-state index in [1.54, 1.807) is 11.8 Å². The maximum Gasteiger partial charge on any atom is 0.407 e. The Hall–Kier alpha value is -1.79. The molecule has 0 saturated carbocycles. The van der Waals surface area contributed by atoms with E-state index in [1.165, 1.54) is 7.11 Å². The minimum absolute atomic E-state index is 0.0123. The van der Waals surface area contributed by atoms with E-state index in [9.17, 15) is 14.4 Å². The topological polar surface area (TPSA) is 84.9 Å². The molecule has 1 saturated heterocycles. The molecule has 0 aromatic carbocycles. The summed E-state index contributed by atoms with van der Waals surface area (Å²) in [6.45, 7) is 4.65. The Bertz CT molecular complexity index is 386. The zero-order valence-corrected chi connectivity index (χ0v) is 12.9. The van der Waals surface area contributed by atoms with Gasteiger partial charge in [0.15, 0.2) is 0 Å². The molecule has 0 spiro atoms. The molecule has 2 atom stereocenters. The highest BCUT2D eigenvalue weighted by atomic mass is 16.5. The first-order valence-electron chi connectivity index (χ1n) is 7.30. The fraction of sp³-hybridized carbons (Fsp3) is 0.786. The number of esters is 1. The number of piperidine rings is 1. The molecule has 1 rings (SSSR count). The average molecular weight is 300 g/mol. The molecule has 7 heteroatoms. The van der Waals surface area contributed by atoms with E-state index in [4.69, 9.17) is 9.47 Å². The van der Waals surface area contributed by atoms with Crippen LogP contribution in [0.5, 0.6) is 0 Å². The van der Waals surface area contributed by atoms with Crippen LogP contribution in [0.15, 0.2) is 0 Å². The van der Waals surface area contributed by atoms with E-state index in [1.807, 2.05) is 6.92 Å². The summed E-state index contributed by atoms with van der Waals surface area (Å²) < 4.78 is 9.60. The third-order valence-corrected chi connectivity index (χ3v) is 3.40. The number of nitrogens with zero attached hydrogens (tertiary/aromatic N) is 1. The highest BCUT2D eigenvalue weighted by Gasteiger charge is 2.34. The van der Waals surface area contributed by atoms with Gasteiger partial charge < -0.3 is 19.7 Å². The number of carbonyl (C=O) groups excluding carboxylic acids is 3. The summed E-state index contributed by atoms with van der Waals surface area (Å²) in [6.07, 6.45) is 1.09. The van der Waals surface area contributed by atoms with Gasteiger partial charge in [0.2, 0.25) is 5.91 Å². The minimum Gasteiger partial charge on any atom is -0.469 e. The fourth-order valence-corrected chi connectivity index (χ4v) is 2.46. The molecule has 0 aliphatic carbocycles. The predicted octanol–water partition coefficient (Wildman–Crippen LogP) is 0.923. The van der Waals surface area contributed by atoms with Crippen molar-refractivity contribution in [3.05, 3.63) is 0 Å². The molecule has 120 valence electrons. The first-order valence-corrected chi connectivity index (χ1v) is 7.30. The van der Waals surface area contributed by atoms with Crippen molar-refractivity contribution >= 4 is 18.0 Å². The molecule has 1 N–H and O–H groups in total. The molecule has 2 unspecified atom stereocenters. The molecule has 1 aliphatic rings. The Labute approximate surface area is 124 Å². The summed E-state index contributed by atoms with van der Waals surface area (Å²) in [6, 6.07) is -0.303. The SMILES string of the molecule is CCCC(=O)N1CC(NC(=O)OCC)CC(C(=O)OC)C1. The largest absolute Gasteiger partial charge is 0.469 e. The van der Waals surface area contributed by atoms with Crippen molar-refractivity contribution in [3.8, 4) is 0 Å². The van der Waals surface area contributed by atoms with Gasteiger partial charge in [-0.1, -0.05) is 6.92 Å². The molecule has 7 nitrogen and oxygen atoms in total. The van der Waals surface area contributed by atoms with E-state index in [2.05, 4.69) is 5.32 Å². The highest BCUT2D eigenvalue weighted by Crippen LogP contribution is 2.19. The van der Waals surface area contributed by atoms with Crippen LogP contribution in [-0.2, 0) is 19.1 Å². The normalized spacial score (nSPS) is 21.6. The van der Waals surface area contributed by atoms with E-state index < -0.39 is 12.0 Å². The zero-order valence-electron chi connectivity index (χ0n) is 12.9. The van der Waals surface area contributed by atoms with Gasteiger partial charge in [-0.15, -0.1) is 0 Å². The number of hydrogen-bond donors (Lipinski definition) is 1. The second-order valence-electron chi connectivity index (χ2n) is 5.07. The number of likely N-dealkylation sites (tertiary alicyclic amines) is 1. The maximum absolute atomic E-state index is 12.0. The van der Waals surface area contributed by atoms with Crippen LogP contribution in [0.2, 0.25) is 0 Å². The van der Waals surface area contributed by atoms with Crippen molar-refractivity contribution in [2.75, 3.05) is 26.8 Å². The smallest absolute Gasteiger partial charge is 0.407 e. The zero-order chi connectivity index (χ0) is 15.8. The molecule has 0 aromatic rings. The van der Waals surface area contributed by atoms with Crippen molar-refractivity contribution in [2.45, 2.75) is 39.2 Å². The predicted molar refractivity (Wildman–Crippen MR) is 75.6 cm³/mol. The van der Waals surface area contributed by atoms with Crippen molar-refractivity contribution in [1.82, 2.24) is 10.2 Å². The van der Waals surface area contributed by atoms with Crippen molar-refractivity contribution < 1.29 is 23.9 Å². The number of rotatable bonds is 5. The summed E-state index contributed by atoms with van der Waals surface area (Å²) in [7, 11) is 1.32. The van der Waals surface area contributed by atoms with Crippen LogP contribution >= 0.6 is 0 Å². The van der Waals surface area contributed by atoms with Gasteiger partial charge in [0, 0.05) is 19.5 Å². The van der Waals surface area contributed by atoms with Crippen LogP contribution in [0.4, 0.5) is 4.79 Å². The first kappa shape index (κ1) is 17.3. The summed E-state index contributed by atoms with van der Waals surface area (Å²) >= 11 is 0. The van der Waals surface area contributed by atoms with Gasteiger partial charge in [0.1, 0.15) is 0 Å². The molecule has 0 radical (unpaired) electrons. The number of carbonyl (C=O) groups is 3. The summed E-state index contributed by atoms with van der Waals surface area (Å²) in [5.41, 5.74) is 0. The summed E-state index contributed by atoms with van der Waals surface area (Å²) in [5.74, 6) is -0.794. The number of methoxy groups -OCH3 is 1. The third-order valence-electron chi connectivity index (χ3n) is 3.40. The molecule has 1 heterocycles. The first-order chi connectivity index (χ1) is 10.0. The summed E-state index contributed by atoms with van der Waals surface area (Å²) in [5, 5.41) is 2.69. The second kappa shape index (κ2) is 8.49. The number of alkyl carbamates (subject to hydrolysis) is 1. The highest BCUT2D eigenvalue weighted by molar-refractivity contribution is 5.79. The lowest BCUT2D eigenvalue weighted by molar-refractivity contribution is -0.149. The molecular weight excluding hydrogens is 276 g/mol. The number of hydrogen-bond acceptors (Lipinski definition) is 5. The van der Waals surface area contributed by atoms with Crippen LogP contribution < -0.4 is 5.32 Å². The van der Waals surface area contributed by atoms with E-state index in [0.29, 0.717) is 25.9 Å². The molecule has 0 bridgehead atoms. The van der Waals surface area contributed by atoms with Crippen LogP contribution in [-0.4, -0.2) is 55.7 Å². The molecule has 1 fully saturated rings. The number of amides is 2. The van der Waals surface area contributed by atoms with Gasteiger partial charge in [-0.25, -0.2) is 4.79 Å². The number of ether oxygens (including phenoxy) is 2. The quantitative estimate of drug-likeness (QED) is 0.763. The molecule has 2 amide bonds. The maximum atomic E-state index is 12.0. The van der Waals surface area contributed by atoms with Crippen molar-refractivity contribution in [2.24, 2.45) is 5.92 Å². The van der Waals surface area contributed by atoms with Crippen LogP contribution in [0.25, 0.3) is 0 Å². The second-order valence-corrected chi connectivity index (χ2v) is 5.07. The van der Waals surface area contributed by atoms with Gasteiger partial charge in [-0.2, -0.15) is 0 Å². The fourth-order valence-electron chi connectivity index (χ4n) is 2.46. The van der Waals surface area contributed by atoms with E-state index in [-0.39, 0.29) is 24.5 Å². The standard InChI is InChI=1S/C14H24N2O5/c1-4-6-12(17)16-8-10(13(18)20-3)7-11(9-16)15-14(19)21-5-2/h10-11H,4-9H2,1-3H3,(H,15,19). The van der Waals surface area contributed by atoms with Gasteiger partial charge in [0.25, 0.3) is 0 Å². The van der Waals surface area contributed by atoms with Crippen LogP contribution in [0, 0.1) is 5.92 Å². The summed E-state index contributed by atoms with van der Waals surface area (Å²) in [4.78, 5) is 36.9. The Morgan fingerprint density at radius 1 is 1.24 bits per heavy atom. The molecule has 0 aromatic heterocycles. The molecular formula is C14H24N2O5. The van der Waals surface area contributed by atoms with Gasteiger partial charge in [0.05, 0.1) is 25.7 Å². The lowest BCUT2D eigenvalue weighted by Crippen LogP contribution is -2.54. The van der Waals surface area contributed by atoms with Gasteiger partial charge in [-0.05, 0) is 19.8 Å². The lowest BCUT2D eigenvalue weighted by atomic mass is 9.94. The van der Waals surface area contributed by atoms with Gasteiger partial charge >= 0.3 is 12.1 Å². The average Bonchev–Trinajstić information content (AvgIpc) is 2.46. The van der Waals surface area contributed by atoms with Crippen molar-refractivity contribution in [3.63, 3.8) is 0 Å². The Balaban J connectivity index is 2.72. The van der Waals surface area contributed by atoms with Crippen LogP contribution in [0.1, 0.15) is 33.1 Å². The molecule has 1 aliphatic heterocycles. The Morgan fingerprint density at radius 3 is 2.52 bits per heavy atom. The monoisotopic (exact) mass is 300 g/mol. The lowest BCUT2D eigenvalue weighted by Gasteiger charge is -2.36. The third kappa shape index (κ3) is 5.24. The van der Waals surface area contributed by atoms with E-state index >= 15 is 0 Å². The molecule has 21 heavy (non-hydrogen) atoms. The Morgan fingerprint density at radius 2 is 1.95 bits per heavy atom. The number of nitrogens with one attached hydrogen (secondary N) is 1. The minimum atomic E-state index is -0.532. The van der Waals surface area contributed by atoms with Crippen LogP contribution in [0.3, 0.4) is 0 Å². The Kier molecular flexibility index (Phi) is 6.98. The van der Waals surface area contributed by atoms with Gasteiger partial charge in [-0.3, -0.25) is 9.59 Å².